The number of nitrogens with one attached hydrogen (secondary N) is 1. The molecular formula is C10H20N2O. The van der Waals surface area contributed by atoms with E-state index in [2.05, 4.69) is 17.1 Å². The van der Waals surface area contributed by atoms with E-state index in [4.69, 9.17) is 4.74 Å². The van der Waals surface area contributed by atoms with Gasteiger partial charge in [0.1, 0.15) is 6.23 Å². The van der Waals surface area contributed by atoms with Gasteiger partial charge in [-0.15, -0.1) is 0 Å². The van der Waals surface area contributed by atoms with Crippen molar-refractivity contribution in [3.05, 3.63) is 0 Å². The lowest BCUT2D eigenvalue weighted by molar-refractivity contribution is -0.0438. The number of likely N-dealkylation sites (N-methyl/N-ethyl adjacent to an activating group) is 1. The van der Waals surface area contributed by atoms with E-state index in [1.165, 1.54) is 19.4 Å². The molecule has 2 heterocycles. The van der Waals surface area contributed by atoms with Crippen LogP contribution in [-0.2, 0) is 4.74 Å². The molecule has 2 rings (SSSR count). The molecule has 3 heteroatoms. The molecule has 76 valence electrons. The summed E-state index contributed by atoms with van der Waals surface area (Å²) in [6, 6.07) is 0.630. The SMILES string of the molecule is CCN1CCCC1C1NCCCO1. The van der Waals surface area contributed by atoms with Crippen LogP contribution in [0.15, 0.2) is 0 Å². The van der Waals surface area contributed by atoms with Crippen LogP contribution in [0.25, 0.3) is 0 Å². The highest BCUT2D eigenvalue weighted by Crippen LogP contribution is 2.21. The molecule has 2 aliphatic heterocycles. The van der Waals surface area contributed by atoms with Gasteiger partial charge in [-0.25, -0.2) is 0 Å². The Morgan fingerprint density at radius 1 is 1.46 bits per heavy atom. The lowest BCUT2D eigenvalue weighted by Gasteiger charge is -2.34. The van der Waals surface area contributed by atoms with Crippen LogP contribution in [0.2, 0.25) is 0 Å². The molecule has 3 nitrogen and oxygen atoms in total. The normalized spacial score (nSPS) is 36.7. The number of likely N-dealkylation sites (tertiary alicyclic amines) is 1. The predicted octanol–water partition coefficient (Wildman–Crippen LogP) is 0.807. The molecule has 1 N–H and O–H groups in total. The maximum Gasteiger partial charge on any atom is 0.123 e. The van der Waals surface area contributed by atoms with Crippen molar-refractivity contribution < 1.29 is 4.74 Å². The van der Waals surface area contributed by atoms with Gasteiger partial charge in [-0.3, -0.25) is 10.2 Å². The lowest BCUT2D eigenvalue weighted by Crippen LogP contribution is -2.51. The molecule has 0 radical (unpaired) electrons. The Hall–Kier alpha value is -0.120. The zero-order valence-corrected chi connectivity index (χ0v) is 8.46. The summed E-state index contributed by atoms with van der Waals surface area (Å²) in [5.74, 6) is 0. The molecule has 0 aromatic heterocycles. The fourth-order valence-electron chi connectivity index (χ4n) is 2.42. The van der Waals surface area contributed by atoms with Crippen molar-refractivity contribution in [1.82, 2.24) is 10.2 Å². The smallest absolute Gasteiger partial charge is 0.123 e. The van der Waals surface area contributed by atoms with Gasteiger partial charge in [0.05, 0.1) is 0 Å². The molecule has 0 aliphatic carbocycles. The molecule has 2 aliphatic rings. The summed E-state index contributed by atoms with van der Waals surface area (Å²) in [5.41, 5.74) is 0. The maximum atomic E-state index is 5.74. The van der Waals surface area contributed by atoms with Crippen molar-refractivity contribution in [2.24, 2.45) is 0 Å². The predicted molar refractivity (Wildman–Crippen MR) is 52.6 cm³/mol. The second-order valence-electron chi connectivity index (χ2n) is 3.94. The number of nitrogens with zero attached hydrogens (tertiary/aromatic N) is 1. The minimum absolute atomic E-state index is 0.302. The zero-order valence-electron chi connectivity index (χ0n) is 8.46. The summed E-state index contributed by atoms with van der Waals surface area (Å²) in [7, 11) is 0. The Labute approximate surface area is 80.4 Å². The minimum atomic E-state index is 0.302. The van der Waals surface area contributed by atoms with Crippen molar-refractivity contribution in [3.8, 4) is 0 Å². The van der Waals surface area contributed by atoms with Gasteiger partial charge in [-0.1, -0.05) is 6.92 Å². The number of hydrogen-bond acceptors (Lipinski definition) is 3. The largest absolute Gasteiger partial charge is 0.362 e. The highest BCUT2D eigenvalue weighted by molar-refractivity contribution is 4.85. The molecule has 2 saturated heterocycles. The van der Waals surface area contributed by atoms with E-state index in [-0.39, 0.29) is 0 Å². The summed E-state index contributed by atoms with van der Waals surface area (Å²) >= 11 is 0. The van der Waals surface area contributed by atoms with Crippen LogP contribution in [0.3, 0.4) is 0 Å². The Balaban J connectivity index is 1.90. The molecule has 13 heavy (non-hydrogen) atoms. The molecule has 2 atom stereocenters. The highest BCUT2D eigenvalue weighted by atomic mass is 16.5. The lowest BCUT2D eigenvalue weighted by atomic mass is 10.1. The third-order valence-electron chi connectivity index (χ3n) is 3.13. The van der Waals surface area contributed by atoms with E-state index in [0.717, 1.165) is 26.1 Å². The van der Waals surface area contributed by atoms with Crippen LogP contribution in [0, 0.1) is 0 Å². The van der Waals surface area contributed by atoms with Crippen LogP contribution in [0.1, 0.15) is 26.2 Å². The van der Waals surface area contributed by atoms with Gasteiger partial charge >= 0.3 is 0 Å². The van der Waals surface area contributed by atoms with E-state index in [1.54, 1.807) is 0 Å². The Kier molecular flexibility index (Phi) is 3.19. The molecule has 0 bridgehead atoms. The molecule has 2 unspecified atom stereocenters. The van der Waals surface area contributed by atoms with Gasteiger partial charge in [-0.05, 0) is 38.9 Å². The van der Waals surface area contributed by atoms with Crippen molar-refractivity contribution in [2.45, 2.75) is 38.5 Å². The van der Waals surface area contributed by atoms with Gasteiger partial charge < -0.3 is 4.74 Å². The van der Waals surface area contributed by atoms with Crippen molar-refractivity contribution in [2.75, 3.05) is 26.2 Å². The minimum Gasteiger partial charge on any atom is -0.362 e. The molecule has 2 fully saturated rings. The first-order valence-electron chi connectivity index (χ1n) is 5.51. The molecular weight excluding hydrogens is 164 g/mol. The van der Waals surface area contributed by atoms with E-state index >= 15 is 0 Å². The average molecular weight is 184 g/mol. The standard InChI is InChI=1S/C10H20N2O/c1-2-12-7-3-5-9(12)10-11-6-4-8-13-10/h9-11H,2-8H2,1H3. The van der Waals surface area contributed by atoms with Crippen LogP contribution in [0.5, 0.6) is 0 Å². The fraction of sp³-hybridized carbons (Fsp3) is 1.00. The van der Waals surface area contributed by atoms with Gasteiger partial charge in [0, 0.05) is 12.6 Å². The van der Waals surface area contributed by atoms with Crippen LogP contribution in [-0.4, -0.2) is 43.4 Å². The monoisotopic (exact) mass is 184 g/mol. The topological polar surface area (TPSA) is 24.5 Å². The van der Waals surface area contributed by atoms with Crippen LogP contribution in [0.4, 0.5) is 0 Å². The molecule has 0 amide bonds. The second kappa shape index (κ2) is 4.40. The Morgan fingerprint density at radius 3 is 3.08 bits per heavy atom. The van der Waals surface area contributed by atoms with E-state index in [0.29, 0.717) is 12.3 Å². The summed E-state index contributed by atoms with van der Waals surface area (Å²) in [6.07, 6.45) is 4.09. The van der Waals surface area contributed by atoms with Gasteiger partial charge in [-0.2, -0.15) is 0 Å². The highest BCUT2D eigenvalue weighted by Gasteiger charge is 2.31. The molecule has 0 saturated carbocycles. The summed E-state index contributed by atoms with van der Waals surface area (Å²) in [5, 5.41) is 3.46. The molecule has 0 aromatic carbocycles. The average Bonchev–Trinajstić information content (AvgIpc) is 2.67. The third-order valence-corrected chi connectivity index (χ3v) is 3.13. The first kappa shape index (κ1) is 9.44. The van der Waals surface area contributed by atoms with Crippen molar-refractivity contribution in [1.29, 1.82) is 0 Å². The summed E-state index contributed by atoms with van der Waals surface area (Å²) in [4.78, 5) is 2.53. The Bertz CT molecular complexity index is 157. The third kappa shape index (κ3) is 2.03. The van der Waals surface area contributed by atoms with Crippen molar-refractivity contribution >= 4 is 0 Å². The van der Waals surface area contributed by atoms with Crippen LogP contribution < -0.4 is 5.32 Å². The first-order valence-corrected chi connectivity index (χ1v) is 5.51. The van der Waals surface area contributed by atoms with Gasteiger partial charge in [0.2, 0.25) is 0 Å². The summed E-state index contributed by atoms with van der Waals surface area (Å²) < 4.78 is 5.74. The van der Waals surface area contributed by atoms with Crippen LogP contribution >= 0.6 is 0 Å². The molecule has 0 spiro atoms. The Morgan fingerprint density at radius 2 is 2.38 bits per heavy atom. The number of ether oxygens (including phenoxy) is 1. The summed E-state index contributed by atoms with van der Waals surface area (Å²) in [6.45, 7) is 6.71. The first-order chi connectivity index (χ1) is 6.42. The van der Waals surface area contributed by atoms with E-state index < -0.39 is 0 Å². The molecule has 0 aromatic rings. The second-order valence-corrected chi connectivity index (χ2v) is 3.94. The van der Waals surface area contributed by atoms with Gasteiger partial charge in [0.15, 0.2) is 0 Å². The number of hydrogen-bond donors (Lipinski definition) is 1. The van der Waals surface area contributed by atoms with Crippen molar-refractivity contribution in [3.63, 3.8) is 0 Å². The zero-order chi connectivity index (χ0) is 9.10. The fourth-order valence-corrected chi connectivity index (χ4v) is 2.42. The quantitative estimate of drug-likeness (QED) is 0.687. The van der Waals surface area contributed by atoms with E-state index in [1.807, 2.05) is 0 Å². The number of rotatable bonds is 2. The maximum absolute atomic E-state index is 5.74. The van der Waals surface area contributed by atoms with E-state index in [9.17, 15) is 0 Å². The van der Waals surface area contributed by atoms with Gasteiger partial charge in [0.25, 0.3) is 0 Å².